The molecular weight excluding hydrogens is 717 g/mol. The van der Waals surface area contributed by atoms with Crippen molar-refractivity contribution in [1.29, 1.82) is 0 Å². The first-order valence-corrected chi connectivity index (χ1v) is 19.4. The van der Waals surface area contributed by atoms with E-state index in [-0.39, 0.29) is 29.7 Å². The van der Waals surface area contributed by atoms with Crippen LogP contribution in [0.5, 0.6) is 0 Å². The highest BCUT2D eigenvalue weighted by Gasteiger charge is 2.22. The van der Waals surface area contributed by atoms with Crippen LogP contribution in [0.15, 0.2) is 186 Å². The van der Waals surface area contributed by atoms with Gasteiger partial charge in [0.25, 0.3) is 0 Å². The van der Waals surface area contributed by atoms with Crippen molar-refractivity contribution in [2.24, 2.45) is 0 Å². The fraction of sp³-hybridized carbons (Fsp3) is 0. The quantitative estimate of drug-likeness (QED) is 0.176. The molecule has 12 rings (SSSR count). The van der Waals surface area contributed by atoms with Gasteiger partial charge in [0, 0.05) is 48.1 Å². The number of para-hydroxylation sites is 1. The number of rotatable bonds is 5. The molecule has 0 atom stereocenters. The smallest absolute Gasteiger partial charge is 0.238 e. The SMILES string of the molecule is [2H]c1c([2H])c([2H])c(-c2cccc3oc4cc(-c5nc(-c6ccc(-c7ccccc7)cc6)nc(-n6c7ccccc7c7ccc8c9ccccc9sc8c76)n5)ccc4c23)c([2H])c1[2H]. The molecule has 0 fully saturated rings. The lowest BCUT2D eigenvalue weighted by molar-refractivity contribution is 0.669. The van der Waals surface area contributed by atoms with E-state index in [1.807, 2.05) is 60.7 Å². The standard InChI is InChI=1S/C51H30N4OS/c1-3-12-31(13-4-1)32-22-24-34(25-23-32)49-52-50(35-26-27-41-44(30-35)56-43-20-11-18-36(46(41)43)33-14-5-2-6-15-33)54-51(53-49)55-42-19-9-7-16-37(42)39-28-29-40-38-17-8-10-21-45(38)57-48(40)47(39)55/h1-30H/i2D,5D,6D,14D,15D. The molecule has 0 aliphatic heterocycles. The van der Waals surface area contributed by atoms with Gasteiger partial charge >= 0.3 is 0 Å². The Kier molecular flexibility index (Phi) is 6.00. The molecule has 0 saturated heterocycles. The number of furan rings is 1. The Morgan fingerprint density at radius 1 is 0.491 bits per heavy atom. The molecule has 0 amide bonds. The fourth-order valence-electron chi connectivity index (χ4n) is 8.16. The van der Waals surface area contributed by atoms with Crippen LogP contribution in [0.4, 0.5) is 0 Å². The summed E-state index contributed by atoms with van der Waals surface area (Å²) in [7, 11) is 0. The van der Waals surface area contributed by atoms with Crippen molar-refractivity contribution in [2.45, 2.75) is 0 Å². The summed E-state index contributed by atoms with van der Waals surface area (Å²) in [5, 5.41) is 5.96. The molecule has 6 heteroatoms. The van der Waals surface area contributed by atoms with Crippen molar-refractivity contribution >= 4 is 75.3 Å². The maximum atomic E-state index is 8.73. The number of hydrogen-bond acceptors (Lipinski definition) is 5. The highest BCUT2D eigenvalue weighted by atomic mass is 32.1. The number of nitrogens with zero attached hydrogens (tertiary/aromatic N) is 4. The lowest BCUT2D eigenvalue weighted by Gasteiger charge is -2.12. The molecule has 57 heavy (non-hydrogen) atoms. The van der Waals surface area contributed by atoms with Crippen molar-refractivity contribution in [2.75, 3.05) is 0 Å². The van der Waals surface area contributed by atoms with Gasteiger partial charge in [-0.05, 0) is 52.6 Å². The third-order valence-electron chi connectivity index (χ3n) is 10.8. The van der Waals surface area contributed by atoms with E-state index in [0.717, 1.165) is 48.6 Å². The van der Waals surface area contributed by atoms with Crippen LogP contribution in [-0.4, -0.2) is 19.5 Å². The minimum absolute atomic E-state index is 0.123. The lowest BCUT2D eigenvalue weighted by atomic mass is 9.99. The maximum Gasteiger partial charge on any atom is 0.238 e. The topological polar surface area (TPSA) is 56.7 Å². The van der Waals surface area contributed by atoms with Crippen LogP contribution in [0, 0.1) is 0 Å². The summed E-state index contributed by atoms with van der Waals surface area (Å²) in [5.41, 5.74) is 7.40. The Balaban J connectivity index is 1.10. The summed E-state index contributed by atoms with van der Waals surface area (Å²) >= 11 is 1.76. The zero-order valence-corrected chi connectivity index (χ0v) is 30.9. The van der Waals surface area contributed by atoms with Crippen LogP contribution >= 0.6 is 11.3 Å². The second kappa shape index (κ2) is 12.6. The van der Waals surface area contributed by atoms with Gasteiger partial charge in [0.1, 0.15) is 11.2 Å². The second-order valence-corrected chi connectivity index (χ2v) is 15.1. The molecule has 0 bridgehead atoms. The fourth-order valence-corrected chi connectivity index (χ4v) is 9.40. The Morgan fingerprint density at radius 2 is 1.18 bits per heavy atom. The Bertz CT molecular complexity index is 3790. The van der Waals surface area contributed by atoms with Crippen molar-refractivity contribution < 1.29 is 11.3 Å². The van der Waals surface area contributed by atoms with Gasteiger partial charge in [0.05, 0.1) is 22.6 Å². The number of benzene rings is 8. The van der Waals surface area contributed by atoms with E-state index in [0.29, 0.717) is 45.3 Å². The van der Waals surface area contributed by atoms with Gasteiger partial charge in [0.2, 0.25) is 5.95 Å². The van der Waals surface area contributed by atoms with Gasteiger partial charge in [0.15, 0.2) is 11.6 Å². The maximum absolute atomic E-state index is 8.73. The van der Waals surface area contributed by atoms with Gasteiger partial charge < -0.3 is 4.42 Å². The minimum atomic E-state index is -0.435. The molecular formula is C51H30N4OS. The average Bonchev–Trinajstić information content (AvgIpc) is 4.00. The van der Waals surface area contributed by atoms with Crippen LogP contribution in [0.25, 0.3) is 115 Å². The lowest BCUT2D eigenvalue weighted by Crippen LogP contribution is -2.06. The van der Waals surface area contributed by atoms with E-state index in [4.69, 9.17) is 26.2 Å². The summed E-state index contributed by atoms with van der Waals surface area (Å²) in [6.07, 6.45) is 0. The van der Waals surface area contributed by atoms with E-state index in [1.54, 1.807) is 23.5 Å². The van der Waals surface area contributed by atoms with Crippen molar-refractivity contribution in [3.63, 3.8) is 0 Å². The molecule has 8 aromatic carbocycles. The van der Waals surface area contributed by atoms with Gasteiger partial charge in [-0.15, -0.1) is 11.3 Å². The molecule has 5 nitrogen and oxygen atoms in total. The van der Waals surface area contributed by atoms with Gasteiger partial charge in [-0.3, -0.25) is 4.57 Å². The number of hydrogen-bond donors (Lipinski definition) is 0. The Morgan fingerprint density at radius 3 is 2.04 bits per heavy atom. The number of thiophene rings is 1. The molecule has 266 valence electrons. The van der Waals surface area contributed by atoms with Crippen LogP contribution in [0.1, 0.15) is 6.85 Å². The first kappa shape index (κ1) is 27.2. The van der Waals surface area contributed by atoms with Crippen molar-refractivity contribution in [1.82, 2.24) is 19.5 Å². The molecule has 12 aromatic rings. The Hall–Kier alpha value is -7.41. The molecule has 0 spiro atoms. The average molecular weight is 752 g/mol. The zero-order chi connectivity index (χ0) is 41.8. The third kappa shape index (κ3) is 5.04. The van der Waals surface area contributed by atoms with Crippen molar-refractivity contribution in [3.8, 4) is 51.0 Å². The van der Waals surface area contributed by atoms with Crippen LogP contribution < -0.4 is 0 Å². The molecule has 0 unspecified atom stereocenters. The van der Waals surface area contributed by atoms with Gasteiger partial charge in [-0.25, -0.2) is 4.98 Å². The summed E-state index contributed by atoms with van der Waals surface area (Å²) < 4.78 is 53.3. The first-order valence-electron chi connectivity index (χ1n) is 21.1. The highest BCUT2D eigenvalue weighted by molar-refractivity contribution is 7.26. The van der Waals surface area contributed by atoms with Gasteiger partial charge in [-0.1, -0.05) is 152 Å². The van der Waals surface area contributed by atoms with E-state index >= 15 is 0 Å². The van der Waals surface area contributed by atoms with Crippen molar-refractivity contribution in [3.05, 3.63) is 182 Å². The van der Waals surface area contributed by atoms with Crippen LogP contribution in [-0.2, 0) is 0 Å². The van der Waals surface area contributed by atoms with Gasteiger partial charge in [-0.2, -0.15) is 9.97 Å². The van der Waals surface area contributed by atoms with E-state index in [2.05, 4.69) is 83.4 Å². The highest BCUT2D eigenvalue weighted by Crippen LogP contribution is 2.43. The normalized spacial score (nSPS) is 13.1. The monoisotopic (exact) mass is 751 g/mol. The molecule has 0 aliphatic carbocycles. The summed E-state index contributed by atoms with van der Waals surface area (Å²) in [6.45, 7) is 0. The second-order valence-electron chi connectivity index (χ2n) is 14.0. The predicted octanol–water partition coefficient (Wildman–Crippen LogP) is 13.9. The predicted molar refractivity (Wildman–Crippen MR) is 236 cm³/mol. The number of aromatic nitrogens is 4. The summed E-state index contributed by atoms with van der Waals surface area (Å²) in [5.74, 6) is 1.42. The third-order valence-corrected chi connectivity index (χ3v) is 12.0. The van der Waals surface area contributed by atoms with E-state index < -0.39 is 6.04 Å². The molecule has 0 radical (unpaired) electrons. The first-order chi connectivity index (χ1) is 30.3. The largest absolute Gasteiger partial charge is 0.456 e. The van der Waals surface area contributed by atoms with Crippen LogP contribution in [0.2, 0.25) is 0 Å². The molecule has 0 N–H and O–H groups in total. The number of fused-ring (bicyclic) bond motifs is 10. The zero-order valence-electron chi connectivity index (χ0n) is 35.0. The summed E-state index contributed by atoms with van der Waals surface area (Å²) in [6, 6.07) is 49.2. The summed E-state index contributed by atoms with van der Waals surface area (Å²) in [4.78, 5) is 15.7. The molecule has 4 aromatic heterocycles. The van der Waals surface area contributed by atoms with Crippen LogP contribution in [0.3, 0.4) is 0 Å². The van der Waals surface area contributed by atoms with E-state index in [9.17, 15) is 0 Å². The molecule has 4 heterocycles. The molecule has 0 saturated carbocycles. The molecule has 0 aliphatic rings. The van der Waals surface area contributed by atoms with E-state index in [1.165, 1.54) is 15.5 Å². The Labute approximate surface area is 337 Å². The minimum Gasteiger partial charge on any atom is -0.456 e.